The number of nitrogens with zero attached hydrogens (tertiary/aromatic N) is 1. The third-order valence-electron chi connectivity index (χ3n) is 2.61. The van der Waals surface area contributed by atoms with E-state index in [9.17, 15) is 4.79 Å². The summed E-state index contributed by atoms with van der Waals surface area (Å²) in [5, 5.41) is 2.93. The minimum Gasteiger partial charge on any atom is -0.338 e. The number of rotatable bonds is 4. The third-order valence-corrected chi connectivity index (χ3v) is 2.61. The second-order valence-corrected chi connectivity index (χ2v) is 4.73. The zero-order valence-corrected chi connectivity index (χ0v) is 10.3. The predicted octanol–water partition coefficient (Wildman–Crippen LogP) is 2.19. The molecule has 14 heavy (non-hydrogen) atoms. The molecule has 0 aliphatic carbocycles. The highest BCUT2D eigenvalue weighted by Crippen LogP contribution is 2.19. The van der Waals surface area contributed by atoms with Crippen LogP contribution in [0.25, 0.3) is 0 Å². The van der Waals surface area contributed by atoms with Gasteiger partial charge in [0.05, 0.1) is 0 Å². The topological polar surface area (TPSA) is 32.3 Å². The first-order chi connectivity index (χ1) is 6.36. The highest BCUT2D eigenvalue weighted by atomic mass is 16.2. The van der Waals surface area contributed by atoms with Crippen molar-refractivity contribution < 1.29 is 4.79 Å². The maximum Gasteiger partial charge on any atom is 0.316 e. The third kappa shape index (κ3) is 4.49. The molecule has 0 radical (unpaired) electrons. The van der Waals surface area contributed by atoms with Crippen molar-refractivity contribution in [3.63, 3.8) is 0 Å². The molecule has 0 saturated heterocycles. The van der Waals surface area contributed by atoms with Gasteiger partial charge in [0.15, 0.2) is 0 Å². The molecule has 0 spiro atoms. The summed E-state index contributed by atoms with van der Waals surface area (Å²) in [5.74, 6) is 1.77. The van der Waals surface area contributed by atoms with Crippen LogP contribution in [0, 0.1) is 17.8 Å². The first-order valence-corrected chi connectivity index (χ1v) is 5.31. The zero-order chi connectivity index (χ0) is 11.3. The van der Waals surface area contributed by atoms with Crippen molar-refractivity contribution in [3.05, 3.63) is 0 Å². The molecule has 0 aromatic carbocycles. The van der Waals surface area contributed by atoms with Crippen LogP contribution in [-0.4, -0.2) is 31.6 Å². The number of carbonyl (C=O) groups excluding carboxylic acids is 1. The van der Waals surface area contributed by atoms with Gasteiger partial charge in [-0.05, 0) is 17.8 Å². The van der Waals surface area contributed by atoms with Gasteiger partial charge < -0.3 is 10.2 Å². The number of nitrogens with one attached hydrogen (secondary N) is 1. The van der Waals surface area contributed by atoms with E-state index in [2.05, 4.69) is 33.0 Å². The fourth-order valence-corrected chi connectivity index (χ4v) is 1.60. The number of carbonyl (C=O) groups is 1. The lowest BCUT2D eigenvalue weighted by atomic mass is 9.85. The Morgan fingerprint density at radius 3 is 1.86 bits per heavy atom. The lowest BCUT2D eigenvalue weighted by Crippen LogP contribution is -2.39. The minimum atomic E-state index is -0.00343. The van der Waals surface area contributed by atoms with Crippen LogP contribution in [-0.2, 0) is 0 Å². The Morgan fingerprint density at radius 1 is 1.14 bits per heavy atom. The first-order valence-electron chi connectivity index (χ1n) is 5.31. The van der Waals surface area contributed by atoms with E-state index in [1.807, 2.05) is 0 Å². The van der Waals surface area contributed by atoms with E-state index in [0.29, 0.717) is 17.8 Å². The average Bonchev–Trinajstić information content (AvgIpc) is 2.02. The van der Waals surface area contributed by atoms with Gasteiger partial charge in [-0.15, -0.1) is 0 Å². The molecule has 0 saturated carbocycles. The molecule has 0 aromatic heterocycles. The van der Waals surface area contributed by atoms with Crippen molar-refractivity contribution in [3.8, 4) is 0 Å². The Bertz CT molecular complexity index is 168. The van der Waals surface area contributed by atoms with Gasteiger partial charge >= 0.3 is 6.03 Å². The van der Waals surface area contributed by atoms with Crippen molar-refractivity contribution in [1.29, 1.82) is 0 Å². The van der Waals surface area contributed by atoms with E-state index in [1.54, 1.807) is 19.0 Å². The molecule has 0 heterocycles. The highest BCUT2D eigenvalue weighted by molar-refractivity contribution is 5.73. The van der Waals surface area contributed by atoms with E-state index in [1.165, 1.54) is 0 Å². The first kappa shape index (κ1) is 13.3. The van der Waals surface area contributed by atoms with Crippen molar-refractivity contribution in [1.82, 2.24) is 10.2 Å². The summed E-state index contributed by atoms with van der Waals surface area (Å²) in [7, 11) is 3.52. The van der Waals surface area contributed by atoms with E-state index in [-0.39, 0.29) is 6.03 Å². The standard InChI is InChI=1S/C11H24N2O/c1-8(2)10(9(3)4)7-12-11(14)13(5)6/h8-10H,7H2,1-6H3,(H,12,14). The summed E-state index contributed by atoms with van der Waals surface area (Å²) >= 11 is 0. The van der Waals surface area contributed by atoms with Crippen molar-refractivity contribution in [2.24, 2.45) is 17.8 Å². The molecular formula is C11H24N2O. The quantitative estimate of drug-likeness (QED) is 0.741. The predicted molar refractivity (Wildman–Crippen MR) is 60.3 cm³/mol. The molecule has 0 aliphatic heterocycles. The van der Waals surface area contributed by atoms with Crippen LogP contribution in [0.2, 0.25) is 0 Å². The molecule has 1 N–H and O–H groups in total. The number of hydrogen-bond donors (Lipinski definition) is 1. The number of hydrogen-bond acceptors (Lipinski definition) is 1. The highest BCUT2D eigenvalue weighted by Gasteiger charge is 2.18. The van der Waals surface area contributed by atoms with Gasteiger partial charge in [-0.3, -0.25) is 0 Å². The zero-order valence-electron chi connectivity index (χ0n) is 10.3. The number of urea groups is 1. The average molecular weight is 200 g/mol. The monoisotopic (exact) mass is 200 g/mol. The van der Waals surface area contributed by atoms with Gasteiger partial charge in [-0.2, -0.15) is 0 Å². The fraction of sp³-hybridized carbons (Fsp3) is 0.909. The fourth-order valence-electron chi connectivity index (χ4n) is 1.60. The van der Waals surface area contributed by atoms with Gasteiger partial charge in [-0.25, -0.2) is 4.79 Å². The molecule has 0 aromatic rings. The van der Waals surface area contributed by atoms with Crippen LogP contribution in [0.1, 0.15) is 27.7 Å². The van der Waals surface area contributed by atoms with E-state index in [0.717, 1.165) is 6.54 Å². The molecular weight excluding hydrogens is 176 g/mol. The van der Waals surface area contributed by atoms with Gasteiger partial charge in [-0.1, -0.05) is 27.7 Å². The molecule has 0 rings (SSSR count). The van der Waals surface area contributed by atoms with Gasteiger partial charge in [0.1, 0.15) is 0 Å². The summed E-state index contributed by atoms with van der Waals surface area (Å²) in [4.78, 5) is 12.9. The number of amides is 2. The lowest BCUT2D eigenvalue weighted by molar-refractivity contribution is 0.208. The van der Waals surface area contributed by atoms with Crippen LogP contribution in [0.15, 0.2) is 0 Å². The Labute approximate surface area is 87.9 Å². The van der Waals surface area contributed by atoms with Crippen molar-refractivity contribution in [2.75, 3.05) is 20.6 Å². The van der Waals surface area contributed by atoms with Gasteiger partial charge in [0.25, 0.3) is 0 Å². The molecule has 0 fully saturated rings. The summed E-state index contributed by atoms with van der Waals surface area (Å²) in [6.07, 6.45) is 0. The molecule has 0 aliphatic rings. The van der Waals surface area contributed by atoms with Crippen LogP contribution < -0.4 is 5.32 Å². The van der Waals surface area contributed by atoms with Gasteiger partial charge in [0.2, 0.25) is 0 Å². The molecule has 84 valence electrons. The van der Waals surface area contributed by atoms with E-state index >= 15 is 0 Å². The Kier molecular flexibility index (Phi) is 5.58. The Morgan fingerprint density at radius 2 is 1.57 bits per heavy atom. The molecule has 0 bridgehead atoms. The van der Waals surface area contributed by atoms with Crippen molar-refractivity contribution in [2.45, 2.75) is 27.7 Å². The summed E-state index contributed by atoms with van der Waals surface area (Å²) in [6.45, 7) is 9.57. The Hall–Kier alpha value is -0.730. The minimum absolute atomic E-state index is 0.00343. The van der Waals surface area contributed by atoms with E-state index in [4.69, 9.17) is 0 Å². The largest absolute Gasteiger partial charge is 0.338 e. The molecule has 0 unspecified atom stereocenters. The summed E-state index contributed by atoms with van der Waals surface area (Å²) in [6, 6.07) is -0.00343. The SMILES string of the molecule is CC(C)C(CNC(=O)N(C)C)C(C)C. The molecule has 3 heteroatoms. The molecule has 2 amide bonds. The smallest absolute Gasteiger partial charge is 0.316 e. The summed E-state index contributed by atoms with van der Waals surface area (Å²) in [5.41, 5.74) is 0. The summed E-state index contributed by atoms with van der Waals surface area (Å²) < 4.78 is 0. The molecule has 3 nitrogen and oxygen atoms in total. The van der Waals surface area contributed by atoms with Crippen LogP contribution in [0.3, 0.4) is 0 Å². The van der Waals surface area contributed by atoms with Crippen LogP contribution >= 0.6 is 0 Å². The molecule has 0 atom stereocenters. The van der Waals surface area contributed by atoms with Crippen molar-refractivity contribution >= 4 is 6.03 Å². The second kappa shape index (κ2) is 5.89. The Balaban J connectivity index is 4.01. The van der Waals surface area contributed by atoms with Crippen LogP contribution in [0.4, 0.5) is 4.79 Å². The maximum atomic E-state index is 11.3. The lowest BCUT2D eigenvalue weighted by Gasteiger charge is -2.25. The van der Waals surface area contributed by atoms with Crippen LogP contribution in [0.5, 0.6) is 0 Å². The maximum absolute atomic E-state index is 11.3. The second-order valence-electron chi connectivity index (χ2n) is 4.73. The normalized spacial score (nSPS) is 11.2. The van der Waals surface area contributed by atoms with E-state index < -0.39 is 0 Å². The van der Waals surface area contributed by atoms with Gasteiger partial charge in [0, 0.05) is 20.6 Å².